The van der Waals surface area contributed by atoms with Gasteiger partial charge in [0.1, 0.15) is 11.6 Å². The van der Waals surface area contributed by atoms with E-state index in [-0.39, 0.29) is 16.4 Å². The van der Waals surface area contributed by atoms with Crippen molar-refractivity contribution in [2.45, 2.75) is 25.7 Å². The number of hydrogen-bond donors (Lipinski definition) is 0. The molecule has 0 amide bonds. The molecule has 0 aliphatic carbocycles. The van der Waals surface area contributed by atoms with E-state index >= 15 is 0 Å². The molecule has 0 N–H and O–H groups in total. The van der Waals surface area contributed by atoms with Gasteiger partial charge in [-0.3, -0.25) is 4.79 Å². The van der Waals surface area contributed by atoms with Crippen molar-refractivity contribution in [3.05, 3.63) is 64.2 Å². The number of halogens is 2. The highest BCUT2D eigenvalue weighted by molar-refractivity contribution is 8.00. The van der Waals surface area contributed by atoms with Crippen molar-refractivity contribution in [1.29, 1.82) is 0 Å². The lowest BCUT2D eigenvalue weighted by molar-refractivity contribution is 0.102. The Bertz CT molecular complexity index is 695. The zero-order valence-corrected chi connectivity index (χ0v) is 13.0. The first-order chi connectivity index (χ1) is 9.88. The normalized spacial score (nSPS) is 10.7. The first kappa shape index (κ1) is 15.7. The van der Waals surface area contributed by atoms with Crippen LogP contribution in [-0.2, 0) is 0 Å². The highest BCUT2D eigenvalue weighted by atomic mass is 32.2. The van der Waals surface area contributed by atoms with Crippen LogP contribution in [0, 0.1) is 32.4 Å². The van der Waals surface area contributed by atoms with E-state index in [2.05, 4.69) is 0 Å². The van der Waals surface area contributed by atoms with Crippen LogP contribution in [0.3, 0.4) is 0 Å². The molecule has 0 spiro atoms. The number of benzene rings is 2. The number of thioether (sulfide) groups is 1. The molecule has 0 saturated carbocycles. The molecule has 0 aromatic heterocycles. The summed E-state index contributed by atoms with van der Waals surface area (Å²) in [6, 6.07) is 7.22. The number of Topliss-reactive ketones (excluding diaryl/α,β-unsaturated/α-hetero) is 1. The fraction of sp³-hybridized carbons (Fsp3) is 0.235. The molecule has 0 bridgehead atoms. The van der Waals surface area contributed by atoms with Crippen molar-refractivity contribution in [2.75, 3.05) is 5.75 Å². The second-order valence-corrected chi connectivity index (χ2v) is 6.06. The van der Waals surface area contributed by atoms with Crippen LogP contribution in [-0.4, -0.2) is 11.5 Å². The molecule has 2 aromatic rings. The largest absolute Gasteiger partial charge is 0.293 e. The summed E-state index contributed by atoms with van der Waals surface area (Å²) in [5.74, 6) is -1.17. The van der Waals surface area contributed by atoms with E-state index < -0.39 is 11.6 Å². The summed E-state index contributed by atoms with van der Waals surface area (Å²) in [7, 11) is 0. The van der Waals surface area contributed by atoms with Crippen LogP contribution < -0.4 is 0 Å². The first-order valence-corrected chi connectivity index (χ1v) is 7.56. The van der Waals surface area contributed by atoms with Crippen LogP contribution in [0.1, 0.15) is 27.0 Å². The predicted octanol–water partition coefficient (Wildman–Crippen LogP) is 4.87. The minimum Gasteiger partial charge on any atom is -0.293 e. The summed E-state index contributed by atoms with van der Waals surface area (Å²) in [5.41, 5.74) is 3.78. The minimum absolute atomic E-state index is 0.0516. The SMILES string of the molecule is Cc1cc(C)c(C(=O)CSc2ccc(F)cc2F)cc1C. The Labute approximate surface area is 127 Å². The number of rotatable bonds is 4. The molecule has 0 fully saturated rings. The summed E-state index contributed by atoms with van der Waals surface area (Å²) in [6.07, 6.45) is 0. The second kappa shape index (κ2) is 6.39. The van der Waals surface area contributed by atoms with Gasteiger partial charge >= 0.3 is 0 Å². The Morgan fingerprint density at radius 1 is 1.00 bits per heavy atom. The summed E-state index contributed by atoms with van der Waals surface area (Å²) in [4.78, 5) is 12.5. The van der Waals surface area contributed by atoms with Gasteiger partial charge in [0.15, 0.2) is 5.78 Å². The Balaban J connectivity index is 2.13. The molecule has 0 aliphatic rings. The van der Waals surface area contributed by atoms with Crippen molar-refractivity contribution in [3.63, 3.8) is 0 Å². The molecule has 2 aromatic carbocycles. The smallest absolute Gasteiger partial charge is 0.173 e. The van der Waals surface area contributed by atoms with Gasteiger partial charge in [-0.25, -0.2) is 8.78 Å². The molecule has 21 heavy (non-hydrogen) atoms. The number of ketones is 1. The molecular weight excluding hydrogens is 290 g/mol. The van der Waals surface area contributed by atoms with Crippen LogP contribution in [0.25, 0.3) is 0 Å². The molecule has 110 valence electrons. The average molecular weight is 306 g/mol. The Morgan fingerprint density at radius 2 is 1.67 bits per heavy atom. The molecule has 0 aliphatic heterocycles. The summed E-state index contributed by atoms with van der Waals surface area (Å²) in [5, 5.41) is 0. The maximum atomic E-state index is 13.5. The van der Waals surface area contributed by atoms with E-state index in [0.717, 1.165) is 34.5 Å². The Kier molecular flexibility index (Phi) is 4.78. The summed E-state index contributed by atoms with van der Waals surface area (Å²) in [6.45, 7) is 5.85. The molecular formula is C17H16F2OS. The minimum atomic E-state index is -0.635. The molecule has 0 unspecified atom stereocenters. The van der Waals surface area contributed by atoms with Gasteiger partial charge < -0.3 is 0 Å². The zero-order valence-electron chi connectivity index (χ0n) is 12.2. The molecule has 0 atom stereocenters. The number of aryl methyl sites for hydroxylation is 3. The third-order valence-corrected chi connectivity index (χ3v) is 4.44. The maximum absolute atomic E-state index is 13.5. The fourth-order valence-electron chi connectivity index (χ4n) is 2.07. The van der Waals surface area contributed by atoms with E-state index in [1.807, 2.05) is 32.9 Å². The third-order valence-electron chi connectivity index (χ3n) is 3.39. The molecule has 1 nitrogen and oxygen atoms in total. The van der Waals surface area contributed by atoms with Crippen molar-refractivity contribution < 1.29 is 13.6 Å². The van der Waals surface area contributed by atoms with Crippen LogP contribution >= 0.6 is 11.8 Å². The molecule has 0 heterocycles. The van der Waals surface area contributed by atoms with E-state index in [9.17, 15) is 13.6 Å². The topological polar surface area (TPSA) is 17.1 Å². The van der Waals surface area contributed by atoms with Crippen LogP contribution in [0.2, 0.25) is 0 Å². The molecule has 4 heteroatoms. The third kappa shape index (κ3) is 3.70. The fourth-order valence-corrected chi connectivity index (χ4v) is 2.88. The molecule has 2 rings (SSSR count). The van der Waals surface area contributed by atoms with E-state index in [0.29, 0.717) is 5.56 Å². The number of carbonyl (C=O) groups excluding carboxylic acids is 1. The van der Waals surface area contributed by atoms with Crippen LogP contribution in [0.5, 0.6) is 0 Å². The van der Waals surface area contributed by atoms with Gasteiger partial charge in [0.2, 0.25) is 0 Å². The monoisotopic (exact) mass is 306 g/mol. The Hall–Kier alpha value is -1.68. The van der Waals surface area contributed by atoms with E-state index in [4.69, 9.17) is 0 Å². The summed E-state index contributed by atoms with van der Waals surface area (Å²) < 4.78 is 26.4. The van der Waals surface area contributed by atoms with Crippen molar-refractivity contribution in [1.82, 2.24) is 0 Å². The maximum Gasteiger partial charge on any atom is 0.173 e. The lowest BCUT2D eigenvalue weighted by atomic mass is 9.99. The molecule has 0 saturated heterocycles. The van der Waals surface area contributed by atoms with E-state index in [1.165, 1.54) is 12.1 Å². The first-order valence-electron chi connectivity index (χ1n) is 6.57. The van der Waals surface area contributed by atoms with Gasteiger partial charge in [-0.15, -0.1) is 11.8 Å². The highest BCUT2D eigenvalue weighted by Gasteiger charge is 2.13. The quantitative estimate of drug-likeness (QED) is 0.592. The van der Waals surface area contributed by atoms with Gasteiger partial charge in [-0.1, -0.05) is 6.07 Å². The number of carbonyl (C=O) groups is 1. The standard InChI is InChI=1S/C17H16F2OS/c1-10-6-12(3)14(7-11(10)2)16(20)9-21-17-5-4-13(18)8-15(17)19/h4-8H,9H2,1-3H3. The Morgan fingerprint density at radius 3 is 2.33 bits per heavy atom. The highest BCUT2D eigenvalue weighted by Crippen LogP contribution is 2.24. The lowest BCUT2D eigenvalue weighted by Crippen LogP contribution is -2.06. The van der Waals surface area contributed by atoms with Gasteiger partial charge in [-0.05, 0) is 55.7 Å². The molecule has 0 radical (unpaired) electrons. The van der Waals surface area contributed by atoms with Crippen molar-refractivity contribution in [2.24, 2.45) is 0 Å². The van der Waals surface area contributed by atoms with Gasteiger partial charge in [0.05, 0.1) is 5.75 Å². The average Bonchev–Trinajstić information content (AvgIpc) is 2.41. The van der Waals surface area contributed by atoms with E-state index in [1.54, 1.807) is 0 Å². The zero-order chi connectivity index (χ0) is 15.6. The van der Waals surface area contributed by atoms with Crippen LogP contribution in [0.4, 0.5) is 8.78 Å². The lowest BCUT2D eigenvalue weighted by Gasteiger charge is -2.09. The second-order valence-electron chi connectivity index (χ2n) is 5.04. The van der Waals surface area contributed by atoms with Crippen molar-refractivity contribution >= 4 is 17.5 Å². The number of hydrogen-bond acceptors (Lipinski definition) is 2. The predicted molar refractivity (Wildman–Crippen MR) is 82.1 cm³/mol. The van der Waals surface area contributed by atoms with Gasteiger partial charge in [-0.2, -0.15) is 0 Å². The van der Waals surface area contributed by atoms with Gasteiger partial charge in [0, 0.05) is 16.5 Å². The van der Waals surface area contributed by atoms with Crippen molar-refractivity contribution in [3.8, 4) is 0 Å². The summed E-state index contributed by atoms with van der Waals surface area (Å²) >= 11 is 1.09. The van der Waals surface area contributed by atoms with Crippen LogP contribution in [0.15, 0.2) is 35.2 Å². The van der Waals surface area contributed by atoms with Gasteiger partial charge in [0.25, 0.3) is 0 Å².